The number of carbonyl (C=O) groups is 2. The minimum Gasteiger partial charge on any atom is -0.388 e. The smallest absolute Gasteiger partial charge is 0.319 e. The molecule has 142 valence electrons. The summed E-state index contributed by atoms with van der Waals surface area (Å²) >= 11 is 0. The van der Waals surface area contributed by atoms with Crippen LogP contribution in [0.1, 0.15) is 6.92 Å². The maximum Gasteiger partial charge on any atom is 0.319 e. The minimum atomic E-state index is -0.777. The lowest BCUT2D eigenvalue weighted by Gasteiger charge is -2.35. The number of hydrogen-bond acceptors (Lipinski definition) is 6. The first kappa shape index (κ1) is 18.6. The molecule has 2 aliphatic rings. The summed E-state index contributed by atoms with van der Waals surface area (Å²) in [4.78, 5) is 31.3. The zero-order valence-electron chi connectivity index (χ0n) is 14.8. The molecule has 3 atom stereocenters. The number of ether oxygens (including phenoxy) is 1. The fraction of sp³-hybridized carbons (Fsp3) is 0.588. The highest BCUT2D eigenvalue weighted by atomic mass is 16.5. The average molecular weight is 363 g/mol. The first-order valence-electron chi connectivity index (χ1n) is 8.78. The third-order valence-electron chi connectivity index (χ3n) is 4.77. The van der Waals surface area contributed by atoms with E-state index in [1.165, 1.54) is 0 Å². The Labute approximate surface area is 152 Å². The number of nitrogens with one attached hydrogen (secondary N) is 2. The van der Waals surface area contributed by atoms with E-state index in [0.717, 1.165) is 13.1 Å². The molecule has 2 fully saturated rings. The standard InChI is InChI=1S/C17H25N5O4/c1-12(23)22-7-5-21(6-8-22)10-15-16(24)14(11-26-15)20-17(25)19-13-3-2-4-18-9-13/h2-4,9,14-16,24H,5-8,10-11H2,1H3,(H2,19,20,25)/t14-,15-,16+/m0/s1. The van der Waals surface area contributed by atoms with Crippen molar-refractivity contribution < 1.29 is 19.4 Å². The van der Waals surface area contributed by atoms with Crippen LogP contribution < -0.4 is 10.6 Å². The van der Waals surface area contributed by atoms with Gasteiger partial charge in [-0.15, -0.1) is 0 Å². The van der Waals surface area contributed by atoms with Gasteiger partial charge in [0.1, 0.15) is 6.10 Å². The Balaban J connectivity index is 1.44. The number of aliphatic hydroxyl groups excluding tert-OH is 1. The molecular formula is C17H25N5O4. The predicted octanol–water partition coefficient (Wildman–Crippen LogP) is -0.504. The van der Waals surface area contributed by atoms with Gasteiger partial charge in [-0.2, -0.15) is 0 Å². The second-order valence-electron chi connectivity index (χ2n) is 6.62. The lowest BCUT2D eigenvalue weighted by molar-refractivity contribution is -0.130. The maximum absolute atomic E-state index is 12.0. The fourth-order valence-corrected chi connectivity index (χ4v) is 3.24. The molecule has 0 unspecified atom stereocenters. The first-order chi connectivity index (χ1) is 12.5. The molecule has 3 rings (SSSR count). The van der Waals surface area contributed by atoms with Gasteiger partial charge < -0.3 is 25.4 Å². The number of anilines is 1. The predicted molar refractivity (Wildman–Crippen MR) is 94.6 cm³/mol. The lowest BCUT2D eigenvalue weighted by atomic mass is 10.1. The van der Waals surface area contributed by atoms with E-state index < -0.39 is 18.2 Å². The van der Waals surface area contributed by atoms with Crippen LogP contribution in [0.3, 0.4) is 0 Å². The summed E-state index contributed by atoms with van der Waals surface area (Å²) in [5.41, 5.74) is 0.582. The zero-order valence-corrected chi connectivity index (χ0v) is 14.8. The van der Waals surface area contributed by atoms with Crippen LogP contribution in [-0.2, 0) is 9.53 Å². The molecule has 3 amide bonds. The van der Waals surface area contributed by atoms with Gasteiger partial charge in [-0.25, -0.2) is 4.79 Å². The van der Waals surface area contributed by atoms with Gasteiger partial charge in [0, 0.05) is 45.8 Å². The van der Waals surface area contributed by atoms with Crippen LogP contribution in [0.25, 0.3) is 0 Å². The Morgan fingerprint density at radius 1 is 1.35 bits per heavy atom. The number of aliphatic hydroxyl groups is 1. The van der Waals surface area contributed by atoms with Crippen LogP contribution in [0.4, 0.5) is 10.5 Å². The van der Waals surface area contributed by atoms with E-state index in [-0.39, 0.29) is 18.6 Å². The van der Waals surface area contributed by atoms with Crippen molar-refractivity contribution in [2.75, 3.05) is 44.6 Å². The summed E-state index contributed by atoms with van der Waals surface area (Å²) in [5, 5.41) is 15.9. The van der Waals surface area contributed by atoms with Gasteiger partial charge in [0.25, 0.3) is 0 Å². The third kappa shape index (κ3) is 4.69. The molecule has 0 saturated carbocycles. The summed E-state index contributed by atoms with van der Waals surface area (Å²) in [5.74, 6) is 0.0886. The molecule has 26 heavy (non-hydrogen) atoms. The molecule has 0 aliphatic carbocycles. The van der Waals surface area contributed by atoms with Crippen LogP contribution in [0.15, 0.2) is 24.5 Å². The van der Waals surface area contributed by atoms with Gasteiger partial charge in [-0.05, 0) is 12.1 Å². The van der Waals surface area contributed by atoms with Gasteiger partial charge in [-0.1, -0.05) is 0 Å². The number of aromatic nitrogens is 1. The molecule has 0 radical (unpaired) electrons. The molecule has 0 spiro atoms. The molecule has 1 aromatic rings. The normalized spacial score (nSPS) is 26.5. The summed E-state index contributed by atoms with van der Waals surface area (Å²) < 4.78 is 5.68. The van der Waals surface area contributed by atoms with Crippen molar-refractivity contribution in [2.24, 2.45) is 0 Å². The number of nitrogens with zero attached hydrogens (tertiary/aromatic N) is 3. The highest BCUT2D eigenvalue weighted by Crippen LogP contribution is 2.17. The van der Waals surface area contributed by atoms with Gasteiger partial charge in [0.15, 0.2) is 0 Å². The SMILES string of the molecule is CC(=O)N1CCN(C[C@@H]2OC[C@H](NC(=O)Nc3cccnc3)[C@H]2O)CC1. The topological polar surface area (TPSA) is 107 Å². The summed E-state index contributed by atoms with van der Waals surface area (Å²) in [6.07, 6.45) is 2.03. The van der Waals surface area contributed by atoms with E-state index >= 15 is 0 Å². The first-order valence-corrected chi connectivity index (χ1v) is 8.78. The molecule has 3 heterocycles. The summed E-state index contributed by atoms with van der Waals surface area (Å²) in [6.45, 7) is 5.31. The Morgan fingerprint density at radius 3 is 2.77 bits per heavy atom. The molecule has 0 bridgehead atoms. The number of pyridine rings is 1. The summed E-state index contributed by atoms with van der Waals surface area (Å²) in [7, 11) is 0. The Bertz CT molecular complexity index is 621. The van der Waals surface area contributed by atoms with Gasteiger partial charge in [0.05, 0.1) is 30.6 Å². The quantitative estimate of drug-likeness (QED) is 0.666. The van der Waals surface area contributed by atoms with E-state index in [4.69, 9.17) is 4.74 Å². The van der Waals surface area contributed by atoms with E-state index in [1.54, 1.807) is 31.5 Å². The van der Waals surface area contributed by atoms with Crippen molar-refractivity contribution >= 4 is 17.6 Å². The van der Waals surface area contributed by atoms with E-state index in [9.17, 15) is 14.7 Å². The second-order valence-corrected chi connectivity index (χ2v) is 6.62. The number of amides is 3. The van der Waals surface area contributed by atoms with Crippen LogP contribution in [0.5, 0.6) is 0 Å². The number of hydrogen-bond donors (Lipinski definition) is 3. The molecular weight excluding hydrogens is 338 g/mol. The van der Waals surface area contributed by atoms with Gasteiger partial charge >= 0.3 is 6.03 Å². The van der Waals surface area contributed by atoms with Crippen molar-refractivity contribution in [1.82, 2.24) is 20.1 Å². The van der Waals surface area contributed by atoms with E-state index in [1.807, 2.05) is 4.90 Å². The zero-order chi connectivity index (χ0) is 18.5. The van der Waals surface area contributed by atoms with Gasteiger partial charge in [0.2, 0.25) is 5.91 Å². The fourth-order valence-electron chi connectivity index (χ4n) is 3.24. The molecule has 9 heteroatoms. The van der Waals surface area contributed by atoms with E-state index in [0.29, 0.717) is 25.3 Å². The van der Waals surface area contributed by atoms with Crippen molar-refractivity contribution in [1.29, 1.82) is 0 Å². The van der Waals surface area contributed by atoms with Crippen LogP contribution >= 0.6 is 0 Å². The molecule has 0 aromatic carbocycles. The highest BCUT2D eigenvalue weighted by Gasteiger charge is 2.38. The Kier molecular flexibility index (Phi) is 6.02. The largest absolute Gasteiger partial charge is 0.388 e. The lowest BCUT2D eigenvalue weighted by Crippen LogP contribution is -2.52. The molecule has 2 saturated heterocycles. The Hall–Kier alpha value is -2.23. The number of urea groups is 1. The third-order valence-corrected chi connectivity index (χ3v) is 4.77. The monoisotopic (exact) mass is 363 g/mol. The summed E-state index contributed by atoms with van der Waals surface area (Å²) in [6, 6.07) is 2.60. The van der Waals surface area contributed by atoms with Crippen molar-refractivity contribution in [2.45, 2.75) is 25.2 Å². The van der Waals surface area contributed by atoms with Gasteiger partial charge in [-0.3, -0.25) is 14.7 Å². The van der Waals surface area contributed by atoms with E-state index in [2.05, 4.69) is 20.5 Å². The number of carbonyl (C=O) groups excluding carboxylic acids is 2. The number of rotatable bonds is 4. The van der Waals surface area contributed by atoms with Crippen LogP contribution in [0, 0.1) is 0 Å². The second kappa shape index (κ2) is 8.43. The highest BCUT2D eigenvalue weighted by molar-refractivity contribution is 5.89. The molecule has 9 nitrogen and oxygen atoms in total. The van der Waals surface area contributed by atoms with Crippen LogP contribution in [-0.4, -0.2) is 89.4 Å². The van der Waals surface area contributed by atoms with Crippen molar-refractivity contribution in [3.8, 4) is 0 Å². The molecule has 3 N–H and O–H groups in total. The maximum atomic E-state index is 12.0. The van der Waals surface area contributed by atoms with Crippen molar-refractivity contribution in [3.63, 3.8) is 0 Å². The number of piperazine rings is 1. The molecule has 2 aliphatic heterocycles. The minimum absolute atomic E-state index is 0.0886. The molecule has 1 aromatic heterocycles. The van der Waals surface area contributed by atoms with Crippen LogP contribution in [0.2, 0.25) is 0 Å². The average Bonchev–Trinajstić information content (AvgIpc) is 2.96. The van der Waals surface area contributed by atoms with Crippen molar-refractivity contribution in [3.05, 3.63) is 24.5 Å². The Morgan fingerprint density at radius 2 is 2.12 bits per heavy atom.